The molecule has 104 valence electrons. The van der Waals surface area contributed by atoms with Crippen LogP contribution < -0.4 is 10.5 Å². The van der Waals surface area contributed by atoms with Crippen molar-refractivity contribution in [3.63, 3.8) is 0 Å². The summed E-state index contributed by atoms with van der Waals surface area (Å²) >= 11 is 0. The number of nitrogens with one attached hydrogen (secondary N) is 1. The molecule has 0 amide bonds. The number of nitrogens with two attached hydrogens (primary N) is 1. The minimum Gasteiger partial charge on any atom is -0.399 e. The molecule has 3 N–H and O–H groups in total. The maximum absolute atomic E-state index is 12.3. The number of benzene rings is 1. The van der Waals surface area contributed by atoms with Crippen molar-refractivity contribution in [2.24, 2.45) is 5.92 Å². The van der Waals surface area contributed by atoms with Gasteiger partial charge in [0.05, 0.1) is 4.90 Å². The summed E-state index contributed by atoms with van der Waals surface area (Å²) < 4.78 is 27.2. The Morgan fingerprint density at radius 1 is 1.37 bits per heavy atom. The minimum atomic E-state index is -3.47. The summed E-state index contributed by atoms with van der Waals surface area (Å²) in [5.41, 5.74) is 6.84. The lowest BCUT2D eigenvalue weighted by Gasteiger charge is -2.18. The van der Waals surface area contributed by atoms with Crippen LogP contribution in [0.4, 0.5) is 5.69 Å². The van der Waals surface area contributed by atoms with E-state index >= 15 is 0 Å². The fourth-order valence-electron chi connectivity index (χ4n) is 2.25. The molecule has 1 aromatic carbocycles. The average molecular weight is 280 g/mol. The first kappa shape index (κ1) is 14.1. The van der Waals surface area contributed by atoms with Gasteiger partial charge in [-0.05, 0) is 49.8 Å². The van der Waals surface area contributed by atoms with Crippen molar-refractivity contribution in [2.45, 2.75) is 31.1 Å². The molecule has 0 saturated heterocycles. The van der Waals surface area contributed by atoms with Gasteiger partial charge in [0.1, 0.15) is 0 Å². The lowest BCUT2D eigenvalue weighted by Crippen LogP contribution is -2.30. The van der Waals surface area contributed by atoms with Gasteiger partial charge >= 0.3 is 0 Å². The number of anilines is 1. The number of hydrogen-bond donors (Lipinski definition) is 2. The zero-order chi connectivity index (χ0) is 13.9. The molecule has 0 radical (unpaired) electrons. The van der Waals surface area contributed by atoms with Crippen molar-refractivity contribution in [3.05, 3.63) is 35.9 Å². The molecule has 1 aliphatic rings. The Kier molecular flexibility index (Phi) is 4.27. The summed E-state index contributed by atoms with van der Waals surface area (Å²) in [7, 11) is -3.47. The van der Waals surface area contributed by atoms with Gasteiger partial charge in [-0.2, -0.15) is 0 Å². The molecule has 1 aromatic rings. The molecule has 0 aliphatic heterocycles. The minimum absolute atomic E-state index is 0.277. The molecular weight excluding hydrogens is 260 g/mol. The molecule has 4 nitrogen and oxygen atoms in total. The standard InChI is InChI=1S/C14H20N2O2S/c1-11-7-8-13(15)9-14(11)19(17,18)16-10-12-5-3-2-4-6-12/h2-3,7-9,12,16H,4-6,10,15H2,1H3. The van der Waals surface area contributed by atoms with Gasteiger partial charge in [-0.25, -0.2) is 13.1 Å². The Morgan fingerprint density at radius 3 is 2.84 bits per heavy atom. The molecule has 0 bridgehead atoms. The van der Waals surface area contributed by atoms with Crippen LogP contribution in [0.3, 0.4) is 0 Å². The van der Waals surface area contributed by atoms with E-state index in [0.29, 0.717) is 23.7 Å². The van der Waals surface area contributed by atoms with Gasteiger partial charge in [-0.3, -0.25) is 0 Å². The molecule has 0 heterocycles. The molecule has 1 atom stereocenters. The van der Waals surface area contributed by atoms with Gasteiger partial charge in [0.25, 0.3) is 0 Å². The van der Waals surface area contributed by atoms with Crippen LogP contribution in [0.5, 0.6) is 0 Å². The molecule has 0 aromatic heterocycles. The molecule has 0 saturated carbocycles. The van der Waals surface area contributed by atoms with Crippen LogP contribution in [-0.2, 0) is 10.0 Å². The Bertz CT molecular complexity index is 579. The van der Waals surface area contributed by atoms with E-state index < -0.39 is 10.0 Å². The van der Waals surface area contributed by atoms with Crippen LogP contribution in [0.15, 0.2) is 35.2 Å². The largest absolute Gasteiger partial charge is 0.399 e. The number of rotatable bonds is 4. The molecule has 1 unspecified atom stereocenters. The highest BCUT2D eigenvalue weighted by atomic mass is 32.2. The summed E-state index contributed by atoms with van der Waals surface area (Å²) in [4.78, 5) is 0.277. The van der Waals surface area contributed by atoms with Gasteiger partial charge in [0.15, 0.2) is 0 Å². The van der Waals surface area contributed by atoms with Crippen LogP contribution in [-0.4, -0.2) is 15.0 Å². The van der Waals surface area contributed by atoms with Crippen LogP contribution in [0.2, 0.25) is 0 Å². The van der Waals surface area contributed by atoms with Gasteiger partial charge in [0, 0.05) is 12.2 Å². The Balaban J connectivity index is 2.09. The second-order valence-corrected chi connectivity index (χ2v) is 6.76. The van der Waals surface area contributed by atoms with Crippen molar-refractivity contribution in [1.82, 2.24) is 4.72 Å². The second kappa shape index (κ2) is 5.75. The number of nitrogen functional groups attached to an aromatic ring is 1. The number of sulfonamides is 1. The average Bonchev–Trinajstić information content (AvgIpc) is 2.40. The van der Waals surface area contributed by atoms with Crippen molar-refractivity contribution >= 4 is 15.7 Å². The van der Waals surface area contributed by atoms with Crippen molar-refractivity contribution < 1.29 is 8.42 Å². The third-order valence-electron chi connectivity index (χ3n) is 3.44. The molecule has 2 rings (SSSR count). The Morgan fingerprint density at radius 2 is 2.16 bits per heavy atom. The molecule has 5 heteroatoms. The molecule has 0 fully saturated rings. The quantitative estimate of drug-likeness (QED) is 0.656. The first-order valence-electron chi connectivity index (χ1n) is 6.50. The fraction of sp³-hybridized carbons (Fsp3) is 0.429. The van der Waals surface area contributed by atoms with Gasteiger partial charge in [-0.1, -0.05) is 18.2 Å². The lowest BCUT2D eigenvalue weighted by atomic mass is 9.95. The normalized spacial score (nSPS) is 19.5. The van der Waals surface area contributed by atoms with Crippen LogP contribution in [0, 0.1) is 12.8 Å². The zero-order valence-corrected chi connectivity index (χ0v) is 11.9. The SMILES string of the molecule is Cc1ccc(N)cc1S(=O)(=O)NCC1CC=CCC1. The monoisotopic (exact) mass is 280 g/mol. The highest BCUT2D eigenvalue weighted by Gasteiger charge is 2.19. The third-order valence-corrected chi connectivity index (χ3v) is 5.01. The van der Waals surface area contributed by atoms with Crippen molar-refractivity contribution in [3.8, 4) is 0 Å². The summed E-state index contributed by atoms with van der Waals surface area (Å²) in [6.45, 7) is 2.26. The predicted molar refractivity (Wildman–Crippen MR) is 77.3 cm³/mol. The highest BCUT2D eigenvalue weighted by molar-refractivity contribution is 7.89. The number of allylic oxidation sites excluding steroid dienone is 2. The summed E-state index contributed by atoms with van der Waals surface area (Å²) in [5.74, 6) is 0.390. The van der Waals surface area contributed by atoms with Crippen molar-refractivity contribution in [2.75, 3.05) is 12.3 Å². The predicted octanol–water partition coefficient (Wildman–Crippen LogP) is 2.21. The van der Waals surface area contributed by atoms with Gasteiger partial charge < -0.3 is 5.73 Å². The first-order valence-corrected chi connectivity index (χ1v) is 7.98. The van der Waals surface area contributed by atoms with E-state index in [1.165, 1.54) is 6.07 Å². The third kappa shape index (κ3) is 3.58. The molecular formula is C14H20N2O2S. The maximum Gasteiger partial charge on any atom is 0.240 e. The number of hydrogen-bond acceptors (Lipinski definition) is 3. The van der Waals surface area contributed by atoms with E-state index in [1.807, 2.05) is 0 Å². The summed E-state index contributed by atoms with van der Waals surface area (Å²) in [5, 5.41) is 0. The highest BCUT2D eigenvalue weighted by Crippen LogP contribution is 2.20. The first-order chi connectivity index (χ1) is 8.99. The van der Waals surface area contributed by atoms with Gasteiger partial charge in [0.2, 0.25) is 10.0 Å². The fourth-order valence-corrected chi connectivity index (χ4v) is 3.65. The molecule has 19 heavy (non-hydrogen) atoms. The smallest absolute Gasteiger partial charge is 0.240 e. The van der Waals surface area contributed by atoms with Crippen molar-refractivity contribution in [1.29, 1.82) is 0 Å². The van der Waals surface area contributed by atoms with E-state index in [1.54, 1.807) is 19.1 Å². The summed E-state index contributed by atoms with van der Waals surface area (Å²) in [6, 6.07) is 4.95. The van der Waals surface area contributed by atoms with E-state index in [9.17, 15) is 8.42 Å². The number of aryl methyl sites for hydroxylation is 1. The Hall–Kier alpha value is -1.33. The zero-order valence-electron chi connectivity index (χ0n) is 11.1. The Labute approximate surface area is 114 Å². The van der Waals surface area contributed by atoms with Crippen LogP contribution in [0.1, 0.15) is 24.8 Å². The van der Waals surface area contributed by atoms with Crippen LogP contribution >= 0.6 is 0 Å². The molecule has 1 aliphatic carbocycles. The van der Waals surface area contributed by atoms with E-state index in [2.05, 4.69) is 16.9 Å². The van der Waals surface area contributed by atoms with E-state index in [4.69, 9.17) is 5.73 Å². The maximum atomic E-state index is 12.3. The van der Waals surface area contributed by atoms with E-state index in [0.717, 1.165) is 19.3 Å². The second-order valence-electron chi connectivity index (χ2n) is 5.03. The van der Waals surface area contributed by atoms with Gasteiger partial charge in [-0.15, -0.1) is 0 Å². The molecule has 0 spiro atoms. The topological polar surface area (TPSA) is 72.2 Å². The summed E-state index contributed by atoms with van der Waals surface area (Å²) in [6.07, 6.45) is 7.28. The van der Waals surface area contributed by atoms with Crippen LogP contribution in [0.25, 0.3) is 0 Å². The lowest BCUT2D eigenvalue weighted by molar-refractivity contribution is 0.468. The van der Waals surface area contributed by atoms with E-state index in [-0.39, 0.29) is 4.90 Å².